The van der Waals surface area contributed by atoms with E-state index in [4.69, 9.17) is 16.3 Å². The molecule has 0 fully saturated rings. The summed E-state index contributed by atoms with van der Waals surface area (Å²) in [4.78, 5) is 16.2. The summed E-state index contributed by atoms with van der Waals surface area (Å²) >= 11 is 6.25. The van der Waals surface area contributed by atoms with Crippen molar-refractivity contribution in [2.75, 3.05) is 11.9 Å². The van der Waals surface area contributed by atoms with E-state index in [-0.39, 0.29) is 12.5 Å². The van der Waals surface area contributed by atoms with Crippen LogP contribution < -0.4 is 10.1 Å². The first-order chi connectivity index (χ1) is 12.2. The van der Waals surface area contributed by atoms with Crippen LogP contribution in [0.5, 0.6) is 5.75 Å². The summed E-state index contributed by atoms with van der Waals surface area (Å²) in [6.45, 7) is 1.94. The van der Waals surface area contributed by atoms with Crippen LogP contribution in [-0.2, 0) is 11.2 Å². The van der Waals surface area contributed by atoms with Crippen LogP contribution in [0.1, 0.15) is 12.5 Å². The number of ether oxygens (including phenoxy) is 1. The van der Waals surface area contributed by atoms with Gasteiger partial charge < -0.3 is 10.1 Å². The minimum absolute atomic E-state index is 0.0969. The quantitative estimate of drug-likeness (QED) is 0.734. The number of halogens is 1. The smallest absolute Gasteiger partial charge is 0.262 e. The highest BCUT2D eigenvalue weighted by Crippen LogP contribution is 2.27. The monoisotopic (exact) mass is 356 g/mol. The van der Waals surface area contributed by atoms with Crippen molar-refractivity contribution >= 4 is 23.2 Å². The summed E-state index contributed by atoms with van der Waals surface area (Å²) in [5.74, 6) is 0.428. The Morgan fingerprint density at radius 3 is 2.84 bits per heavy atom. The average molecular weight is 357 g/mol. The molecule has 0 saturated heterocycles. The van der Waals surface area contributed by atoms with Crippen molar-refractivity contribution in [3.63, 3.8) is 0 Å². The molecular weight excluding hydrogens is 340 g/mol. The fourth-order valence-electron chi connectivity index (χ4n) is 2.44. The second kappa shape index (κ2) is 7.81. The van der Waals surface area contributed by atoms with Gasteiger partial charge in [0, 0.05) is 0 Å². The van der Waals surface area contributed by atoms with Crippen LogP contribution >= 0.6 is 11.6 Å². The number of hydrogen-bond donors (Lipinski definition) is 1. The molecule has 0 radical (unpaired) electrons. The molecule has 7 heteroatoms. The largest absolute Gasteiger partial charge is 0.483 e. The van der Waals surface area contributed by atoms with Gasteiger partial charge in [-0.25, -0.2) is 9.67 Å². The number of rotatable bonds is 6. The van der Waals surface area contributed by atoms with Crippen LogP contribution in [0.25, 0.3) is 5.69 Å². The maximum Gasteiger partial charge on any atom is 0.262 e. The first-order valence-corrected chi connectivity index (χ1v) is 8.21. The van der Waals surface area contributed by atoms with Crippen molar-refractivity contribution in [1.82, 2.24) is 14.8 Å². The van der Waals surface area contributed by atoms with Gasteiger partial charge in [0.2, 0.25) is 0 Å². The zero-order chi connectivity index (χ0) is 17.6. The number of aromatic nitrogens is 3. The van der Waals surface area contributed by atoms with Crippen molar-refractivity contribution in [1.29, 1.82) is 0 Å². The number of anilines is 1. The Hall–Kier alpha value is -2.86. The zero-order valence-electron chi connectivity index (χ0n) is 13.6. The molecule has 0 aliphatic rings. The molecule has 3 aromatic rings. The van der Waals surface area contributed by atoms with E-state index in [9.17, 15) is 4.79 Å². The van der Waals surface area contributed by atoms with E-state index in [1.54, 1.807) is 18.2 Å². The summed E-state index contributed by atoms with van der Waals surface area (Å²) in [6.07, 6.45) is 3.76. The molecule has 0 bridgehead atoms. The normalized spacial score (nSPS) is 10.5. The molecule has 1 amide bonds. The van der Waals surface area contributed by atoms with Gasteiger partial charge in [-0.2, -0.15) is 5.10 Å². The first kappa shape index (κ1) is 17.0. The maximum absolute atomic E-state index is 12.3. The average Bonchev–Trinajstić information content (AvgIpc) is 3.14. The summed E-state index contributed by atoms with van der Waals surface area (Å²) < 4.78 is 7.15. The minimum atomic E-state index is -0.283. The van der Waals surface area contributed by atoms with Gasteiger partial charge in [0.1, 0.15) is 24.1 Å². The van der Waals surface area contributed by atoms with E-state index in [1.807, 2.05) is 31.2 Å². The number of carbonyl (C=O) groups excluding carboxylic acids is 1. The summed E-state index contributed by atoms with van der Waals surface area (Å²) in [5, 5.41) is 7.34. The Morgan fingerprint density at radius 1 is 1.24 bits per heavy atom. The van der Waals surface area contributed by atoms with Gasteiger partial charge in [0.25, 0.3) is 5.91 Å². The van der Waals surface area contributed by atoms with Gasteiger partial charge in [-0.1, -0.05) is 42.8 Å². The van der Waals surface area contributed by atoms with Gasteiger partial charge >= 0.3 is 0 Å². The second-order valence-electron chi connectivity index (χ2n) is 5.27. The zero-order valence-corrected chi connectivity index (χ0v) is 14.4. The number of para-hydroxylation sites is 2. The van der Waals surface area contributed by atoms with E-state index in [0.717, 1.165) is 12.0 Å². The third-order valence-electron chi connectivity index (χ3n) is 3.62. The van der Waals surface area contributed by atoms with Crippen LogP contribution in [0.4, 0.5) is 5.69 Å². The van der Waals surface area contributed by atoms with E-state index < -0.39 is 0 Å². The molecular formula is C18H17ClN4O2. The predicted octanol–water partition coefficient (Wildman–Crippen LogP) is 3.50. The molecule has 6 nitrogen and oxygen atoms in total. The lowest BCUT2D eigenvalue weighted by Crippen LogP contribution is -2.21. The lowest BCUT2D eigenvalue weighted by molar-refractivity contribution is -0.118. The summed E-state index contributed by atoms with van der Waals surface area (Å²) in [6, 6.07) is 12.9. The molecule has 0 aliphatic carbocycles. The standard InChI is InChI=1S/C18H17ClN4O2/c1-2-13-6-3-4-9-16(13)25-10-17(24)22-15-8-5-7-14(19)18(15)23-12-20-11-21-23/h3-9,11-12H,2,10H2,1H3,(H,22,24). The number of carbonyl (C=O) groups is 1. The molecule has 128 valence electrons. The molecule has 0 spiro atoms. The van der Waals surface area contributed by atoms with Crippen LogP contribution in [0.15, 0.2) is 55.1 Å². The molecule has 0 saturated carbocycles. The number of benzene rings is 2. The molecule has 1 aromatic heterocycles. The van der Waals surface area contributed by atoms with Crippen LogP contribution in [-0.4, -0.2) is 27.3 Å². The van der Waals surface area contributed by atoms with Crippen molar-refractivity contribution < 1.29 is 9.53 Å². The highest BCUT2D eigenvalue weighted by Gasteiger charge is 2.13. The molecule has 0 atom stereocenters. The maximum atomic E-state index is 12.3. The first-order valence-electron chi connectivity index (χ1n) is 7.83. The lowest BCUT2D eigenvalue weighted by atomic mass is 10.1. The Kier molecular flexibility index (Phi) is 5.30. The van der Waals surface area contributed by atoms with Crippen molar-refractivity contribution in [2.45, 2.75) is 13.3 Å². The van der Waals surface area contributed by atoms with Crippen LogP contribution in [0, 0.1) is 0 Å². The van der Waals surface area contributed by atoms with Crippen LogP contribution in [0.2, 0.25) is 5.02 Å². The van der Waals surface area contributed by atoms with E-state index in [2.05, 4.69) is 15.4 Å². The highest BCUT2D eigenvalue weighted by atomic mass is 35.5. The van der Waals surface area contributed by atoms with E-state index >= 15 is 0 Å². The number of hydrogen-bond acceptors (Lipinski definition) is 4. The van der Waals surface area contributed by atoms with E-state index in [1.165, 1.54) is 17.3 Å². The topological polar surface area (TPSA) is 69.0 Å². The van der Waals surface area contributed by atoms with Crippen molar-refractivity contribution in [3.05, 3.63) is 65.7 Å². The number of nitrogens with zero attached hydrogens (tertiary/aromatic N) is 3. The van der Waals surface area contributed by atoms with Gasteiger partial charge in [0.15, 0.2) is 6.61 Å². The highest BCUT2D eigenvalue weighted by molar-refractivity contribution is 6.33. The molecule has 2 aromatic carbocycles. The number of amides is 1. The van der Waals surface area contributed by atoms with Gasteiger partial charge in [0.05, 0.1) is 10.7 Å². The Morgan fingerprint density at radius 2 is 2.08 bits per heavy atom. The third kappa shape index (κ3) is 3.97. The molecule has 0 unspecified atom stereocenters. The predicted molar refractivity (Wildman–Crippen MR) is 96.3 cm³/mol. The molecule has 1 N–H and O–H groups in total. The lowest BCUT2D eigenvalue weighted by Gasteiger charge is -2.13. The summed E-state index contributed by atoms with van der Waals surface area (Å²) in [5.41, 5.74) is 2.15. The fraction of sp³-hybridized carbons (Fsp3) is 0.167. The fourth-order valence-corrected chi connectivity index (χ4v) is 2.70. The molecule has 25 heavy (non-hydrogen) atoms. The van der Waals surface area contributed by atoms with Gasteiger partial charge in [-0.3, -0.25) is 4.79 Å². The van der Waals surface area contributed by atoms with E-state index in [0.29, 0.717) is 22.1 Å². The Balaban J connectivity index is 1.73. The number of aryl methyl sites for hydroxylation is 1. The summed E-state index contributed by atoms with van der Waals surface area (Å²) in [7, 11) is 0. The van der Waals surface area contributed by atoms with Crippen molar-refractivity contribution in [3.8, 4) is 11.4 Å². The second-order valence-corrected chi connectivity index (χ2v) is 5.68. The van der Waals surface area contributed by atoms with Gasteiger partial charge in [-0.15, -0.1) is 0 Å². The molecule has 1 heterocycles. The molecule has 0 aliphatic heterocycles. The van der Waals surface area contributed by atoms with Crippen molar-refractivity contribution in [2.24, 2.45) is 0 Å². The SMILES string of the molecule is CCc1ccccc1OCC(=O)Nc1cccc(Cl)c1-n1cncn1. The van der Waals surface area contributed by atoms with Crippen LogP contribution in [0.3, 0.4) is 0 Å². The number of nitrogens with one attached hydrogen (secondary N) is 1. The third-order valence-corrected chi connectivity index (χ3v) is 3.93. The Labute approximate surface area is 150 Å². The Bertz CT molecular complexity index is 865. The van der Waals surface area contributed by atoms with Gasteiger partial charge in [-0.05, 0) is 30.2 Å². The molecule has 3 rings (SSSR count). The minimum Gasteiger partial charge on any atom is -0.483 e.